The number of halogens is 1. The van der Waals surface area contributed by atoms with Gasteiger partial charge in [0, 0.05) is 16.5 Å². The van der Waals surface area contributed by atoms with Crippen molar-refractivity contribution < 1.29 is 4.79 Å². The van der Waals surface area contributed by atoms with Gasteiger partial charge in [0.05, 0.1) is 0 Å². The summed E-state index contributed by atoms with van der Waals surface area (Å²) in [6, 6.07) is 5.53. The van der Waals surface area contributed by atoms with Crippen LogP contribution in [-0.4, -0.2) is 5.78 Å². The average molecular weight is 195 g/mol. The first-order valence-electron chi connectivity index (χ1n) is 4.51. The molecule has 1 aromatic carbocycles. The molecule has 0 saturated heterocycles. The Morgan fingerprint density at radius 3 is 3.00 bits per heavy atom. The lowest BCUT2D eigenvalue weighted by Crippen LogP contribution is -2.19. The largest absolute Gasteiger partial charge is 0.294 e. The number of benzene rings is 1. The molecule has 1 aliphatic carbocycles. The van der Waals surface area contributed by atoms with Crippen LogP contribution in [0, 0.1) is 5.92 Å². The van der Waals surface area contributed by atoms with E-state index in [2.05, 4.69) is 0 Å². The van der Waals surface area contributed by atoms with Gasteiger partial charge >= 0.3 is 0 Å². The number of Topliss-reactive ketones (excluding diaryl/α,β-unsaturated/α-hetero) is 1. The molecule has 0 saturated carbocycles. The molecular formula is C11H11ClO. The van der Waals surface area contributed by atoms with E-state index in [9.17, 15) is 4.79 Å². The molecule has 0 spiro atoms. The fraction of sp³-hybridized carbons (Fsp3) is 0.364. The molecule has 0 aliphatic heterocycles. The minimum absolute atomic E-state index is 0.175. The highest BCUT2D eigenvalue weighted by molar-refractivity contribution is 6.30. The van der Waals surface area contributed by atoms with Crippen LogP contribution in [0.25, 0.3) is 0 Å². The van der Waals surface area contributed by atoms with Crippen LogP contribution in [0.5, 0.6) is 0 Å². The van der Waals surface area contributed by atoms with E-state index < -0.39 is 0 Å². The summed E-state index contributed by atoms with van der Waals surface area (Å²) in [6.45, 7) is 1.99. The number of ketones is 1. The molecule has 0 bridgehead atoms. The molecular weight excluding hydrogens is 184 g/mol. The fourth-order valence-corrected chi connectivity index (χ4v) is 1.97. The van der Waals surface area contributed by atoms with Gasteiger partial charge in [0.2, 0.25) is 0 Å². The van der Waals surface area contributed by atoms with Gasteiger partial charge < -0.3 is 0 Å². The number of hydrogen-bond acceptors (Lipinski definition) is 1. The first kappa shape index (κ1) is 8.76. The zero-order valence-corrected chi connectivity index (χ0v) is 8.27. The van der Waals surface area contributed by atoms with E-state index in [0.29, 0.717) is 0 Å². The Morgan fingerprint density at radius 1 is 1.46 bits per heavy atom. The summed E-state index contributed by atoms with van der Waals surface area (Å²) >= 11 is 5.85. The predicted molar refractivity (Wildman–Crippen MR) is 53.3 cm³/mol. The number of aryl methyl sites for hydroxylation is 1. The summed E-state index contributed by atoms with van der Waals surface area (Å²) in [4.78, 5) is 11.7. The van der Waals surface area contributed by atoms with Gasteiger partial charge in [0.1, 0.15) is 0 Å². The van der Waals surface area contributed by atoms with Crippen molar-refractivity contribution in [1.82, 2.24) is 0 Å². The van der Waals surface area contributed by atoms with Gasteiger partial charge in [-0.2, -0.15) is 0 Å². The lowest BCUT2D eigenvalue weighted by molar-refractivity contribution is 0.0913. The van der Waals surface area contributed by atoms with E-state index in [-0.39, 0.29) is 11.7 Å². The van der Waals surface area contributed by atoms with Crippen molar-refractivity contribution in [1.29, 1.82) is 0 Å². The van der Waals surface area contributed by atoms with Crippen molar-refractivity contribution in [2.24, 2.45) is 5.92 Å². The van der Waals surface area contributed by atoms with Crippen molar-refractivity contribution in [3.63, 3.8) is 0 Å². The highest BCUT2D eigenvalue weighted by Crippen LogP contribution is 2.27. The fourth-order valence-electron chi connectivity index (χ4n) is 1.78. The maximum Gasteiger partial charge on any atom is 0.165 e. The molecule has 0 amide bonds. The Bertz CT molecular complexity index is 357. The standard InChI is InChI=1S/C11H11ClO/c1-7-2-3-8-6-9(12)4-5-10(8)11(7)13/h4-7H,2-3H2,1H3. The molecule has 1 unspecified atom stereocenters. The Hall–Kier alpha value is -0.820. The zero-order valence-electron chi connectivity index (χ0n) is 7.51. The van der Waals surface area contributed by atoms with E-state index in [1.54, 1.807) is 6.07 Å². The number of hydrogen-bond donors (Lipinski definition) is 0. The highest BCUT2D eigenvalue weighted by Gasteiger charge is 2.23. The van der Waals surface area contributed by atoms with Gasteiger partial charge in [0.25, 0.3) is 0 Å². The molecule has 2 heteroatoms. The van der Waals surface area contributed by atoms with Gasteiger partial charge in [0.15, 0.2) is 5.78 Å². The van der Waals surface area contributed by atoms with Crippen LogP contribution < -0.4 is 0 Å². The molecule has 0 aromatic heterocycles. The van der Waals surface area contributed by atoms with Crippen LogP contribution in [0.15, 0.2) is 18.2 Å². The summed E-state index contributed by atoms with van der Waals surface area (Å²) in [5.74, 6) is 0.437. The Morgan fingerprint density at radius 2 is 2.23 bits per heavy atom. The van der Waals surface area contributed by atoms with Gasteiger partial charge in [-0.3, -0.25) is 4.79 Å². The molecule has 13 heavy (non-hydrogen) atoms. The lowest BCUT2D eigenvalue weighted by atomic mass is 9.84. The second-order valence-electron chi connectivity index (χ2n) is 3.61. The van der Waals surface area contributed by atoms with E-state index in [1.165, 1.54) is 0 Å². The minimum Gasteiger partial charge on any atom is -0.294 e. The first-order valence-corrected chi connectivity index (χ1v) is 4.89. The van der Waals surface area contributed by atoms with Crippen LogP contribution in [0.4, 0.5) is 0 Å². The molecule has 1 nitrogen and oxygen atoms in total. The van der Waals surface area contributed by atoms with Crippen molar-refractivity contribution in [3.05, 3.63) is 34.3 Å². The Labute approximate surface area is 82.7 Å². The quantitative estimate of drug-likeness (QED) is 0.620. The second-order valence-corrected chi connectivity index (χ2v) is 4.04. The van der Waals surface area contributed by atoms with Gasteiger partial charge in [-0.15, -0.1) is 0 Å². The van der Waals surface area contributed by atoms with Crippen molar-refractivity contribution in [2.45, 2.75) is 19.8 Å². The minimum atomic E-state index is 0.175. The summed E-state index contributed by atoms with van der Waals surface area (Å²) in [7, 11) is 0. The topological polar surface area (TPSA) is 17.1 Å². The molecule has 1 atom stereocenters. The zero-order chi connectivity index (χ0) is 9.42. The van der Waals surface area contributed by atoms with E-state index >= 15 is 0 Å². The monoisotopic (exact) mass is 194 g/mol. The first-order chi connectivity index (χ1) is 6.18. The average Bonchev–Trinajstić information content (AvgIpc) is 2.12. The summed E-state index contributed by atoms with van der Waals surface area (Å²) < 4.78 is 0. The van der Waals surface area contributed by atoms with Gasteiger partial charge in [-0.05, 0) is 36.6 Å². The van der Waals surface area contributed by atoms with Crippen LogP contribution in [-0.2, 0) is 6.42 Å². The van der Waals surface area contributed by atoms with Crippen molar-refractivity contribution in [2.75, 3.05) is 0 Å². The molecule has 0 radical (unpaired) electrons. The third kappa shape index (κ3) is 1.49. The van der Waals surface area contributed by atoms with E-state index in [1.807, 2.05) is 19.1 Å². The number of rotatable bonds is 0. The molecule has 2 rings (SSSR count). The number of carbonyl (C=O) groups is 1. The normalized spacial score (nSPS) is 21.4. The van der Waals surface area contributed by atoms with Crippen LogP contribution >= 0.6 is 11.6 Å². The molecule has 0 fully saturated rings. The third-order valence-electron chi connectivity index (χ3n) is 2.63. The summed E-state index contributed by atoms with van der Waals surface area (Å²) in [5, 5.41) is 0.723. The van der Waals surface area contributed by atoms with E-state index in [0.717, 1.165) is 29.0 Å². The number of carbonyl (C=O) groups excluding carboxylic acids is 1. The number of fused-ring (bicyclic) bond motifs is 1. The third-order valence-corrected chi connectivity index (χ3v) is 2.86. The smallest absolute Gasteiger partial charge is 0.165 e. The van der Waals surface area contributed by atoms with Crippen molar-refractivity contribution >= 4 is 17.4 Å². The Balaban J connectivity index is 2.50. The van der Waals surface area contributed by atoms with E-state index in [4.69, 9.17) is 11.6 Å². The van der Waals surface area contributed by atoms with Crippen LogP contribution in [0.2, 0.25) is 5.02 Å². The van der Waals surface area contributed by atoms with Crippen LogP contribution in [0.3, 0.4) is 0 Å². The maximum absolute atomic E-state index is 11.7. The highest BCUT2D eigenvalue weighted by atomic mass is 35.5. The lowest BCUT2D eigenvalue weighted by Gasteiger charge is -2.19. The maximum atomic E-state index is 11.7. The predicted octanol–water partition coefficient (Wildman–Crippen LogP) is 3.11. The molecule has 1 aliphatic rings. The molecule has 68 valence electrons. The van der Waals surface area contributed by atoms with Gasteiger partial charge in [-0.25, -0.2) is 0 Å². The van der Waals surface area contributed by atoms with Crippen molar-refractivity contribution in [3.8, 4) is 0 Å². The summed E-state index contributed by atoms with van der Waals surface area (Å²) in [6.07, 6.45) is 1.93. The van der Waals surface area contributed by atoms with Crippen LogP contribution in [0.1, 0.15) is 29.3 Å². The molecule has 0 heterocycles. The summed E-state index contributed by atoms with van der Waals surface area (Å²) in [5.41, 5.74) is 1.97. The Kier molecular flexibility index (Phi) is 2.12. The molecule has 0 N–H and O–H groups in total. The SMILES string of the molecule is CC1CCc2cc(Cl)ccc2C1=O. The second kappa shape index (κ2) is 3.15. The van der Waals surface area contributed by atoms with Gasteiger partial charge in [-0.1, -0.05) is 18.5 Å². The molecule has 1 aromatic rings.